The third-order valence-electron chi connectivity index (χ3n) is 5.62. The van der Waals surface area contributed by atoms with Crippen molar-refractivity contribution >= 4 is 22.8 Å². The Labute approximate surface area is 185 Å². The van der Waals surface area contributed by atoms with E-state index in [1.807, 2.05) is 0 Å². The number of esters is 1. The Hall–Kier alpha value is -3.56. The molecule has 10 heteroatoms. The zero-order valence-corrected chi connectivity index (χ0v) is 17.4. The van der Waals surface area contributed by atoms with Crippen molar-refractivity contribution in [2.75, 3.05) is 0 Å². The summed E-state index contributed by atoms with van der Waals surface area (Å²) in [6, 6.07) is 6.69. The van der Waals surface area contributed by atoms with Gasteiger partial charge in [-0.05, 0) is 68.1 Å². The minimum atomic E-state index is -4.87. The van der Waals surface area contributed by atoms with Crippen LogP contribution in [-0.2, 0) is 16.0 Å². The number of aromatic hydroxyl groups is 1. The average Bonchev–Trinajstić information content (AvgIpc) is 2.98. The van der Waals surface area contributed by atoms with Crippen LogP contribution in [0.5, 0.6) is 11.5 Å². The van der Waals surface area contributed by atoms with Crippen LogP contribution in [0.3, 0.4) is 0 Å². The van der Waals surface area contributed by atoms with Gasteiger partial charge in [-0.3, -0.25) is 14.2 Å². The average molecular weight is 465 g/mol. The quantitative estimate of drug-likeness (QED) is 0.423. The number of halogens is 4. The molecule has 2 aromatic carbocycles. The monoisotopic (exact) mass is 465 g/mol. The molecule has 1 fully saturated rings. The predicted molar refractivity (Wildman–Crippen MR) is 109 cm³/mol. The van der Waals surface area contributed by atoms with E-state index < -0.39 is 35.6 Å². The van der Waals surface area contributed by atoms with Gasteiger partial charge in [-0.2, -0.15) is 0 Å². The zero-order chi connectivity index (χ0) is 23.9. The van der Waals surface area contributed by atoms with Crippen LogP contribution in [0.15, 0.2) is 36.4 Å². The molecule has 1 aliphatic carbocycles. The highest BCUT2D eigenvalue weighted by Gasteiger charge is 2.31. The van der Waals surface area contributed by atoms with Gasteiger partial charge in [0.05, 0.1) is 11.9 Å². The molecule has 4 rings (SSSR count). The Kier molecular flexibility index (Phi) is 5.77. The van der Waals surface area contributed by atoms with E-state index in [2.05, 4.69) is 4.74 Å². The Morgan fingerprint density at radius 1 is 1.12 bits per heavy atom. The summed E-state index contributed by atoms with van der Waals surface area (Å²) in [5.41, 5.74) is 0.560. The second kappa shape index (κ2) is 8.42. The summed E-state index contributed by atoms with van der Waals surface area (Å²) in [5, 5.41) is 9.76. The number of rotatable bonds is 5. The van der Waals surface area contributed by atoms with E-state index in [-0.39, 0.29) is 40.2 Å². The molecule has 33 heavy (non-hydrogen) atoms. The van der Waals surface area contributed by atoms with Crippen LogP contribution in [0.4, 0.5) is 17.6 Å². The Bertz CT molecular complexity index is 1230. The number of benzene rings is 2. The number of alkyl halides is 3. The number of phenolic OH excluding ortho intramolecular Hbond substituents is 1. The molecule has 0 saturated heterocycles. The fraction of sp³-hybridized carbons (Fsp3) is 0.304. The topological polar surface area (TPSA) is 77.8 Å². The molecule has 0 bridgehead atoms. The summed E-state index contributed by atoms with van der Waals surface area (Å²) in [7, 11) is 0. The van der Waals surface area contributed by atoms with Crippen molar-refractivity contribution in [1.29, 1.82) is 0 Å². The van der Waals surface area contributed by atoms with Crippen LogP contribution in [0.2, 0.25) is 0 Å². The first-order valence-electron chi connectivity index (χ1n) is 10.2. The van der Waals surface area contributed by atoms with Crippen molar-refractivity contribution in [2.45, 2.75) is 45.1 Å². The number of carbonyl (C=O) groups excluding carboxylic acids is 2. The van der Waals surface area contributed by atoms with Crippen LogP contribution in [0, 0.1) is 12.7 Å². The second-order valence-electron chi connectivity index (χ2n) is 7.79. The van der Waals surface area contributed by atoms with Crippen molar-refractivity contribution in [3.05, 3.63) is 59.0 Å². The highest BCUT2D eigenvalue weighted by molar-refractivity contribution is 6.05. The van der Waals surface area contributed by atoms with Crippen LogP contribution >= 0.6 is 0 Å². The maximum atomic E-state index is 14.9. The van der Waals surface area contributed by atoms with E-state index in [9.17, 15) is 32.3 Å². The summed E-state index contributed by atoms with van der Waals surface area (Å²) in [5.74, 6) is -3.36. The van der Waals surface area contributed by atoms with E-state index in [1.165, 1.54) is 13.0 Å². The molecule has 0 amide bonds. The number of ether oxygens (including phenoxy) is 2. The van der Waals surface area contributed by atoms with E-state index in [1.54, 1.807) is 0 Å². The number of hydrogen-bond donors (Lipinski definition) is 1. The molecule has 1 aromatic heterocycles. The first-order valence-corrected chi connectivity index (χ1v) is 10.2. The van der Waals surface area contributed by atoms with Gasteiger partial charge in [0.25, 0.3) is 5.91 Å². The molecule has 0 unspecified atom stereocenters. The van der Waals surface area contributed by atoms with Crippen molar-refractivity contribution in [3.8, 4) is 11.5 Å². The molecule has 0 atom stereocenters. The number of fused-ring (bicyclic) bond motifs is 1. The van der Waals surface area contributed by atoms with Crippen LogP contribution in [-0.4, -0.2) is 34.0 Å². The van der Waals surface area contributed by atoms with Crippen molar-refractivity contribution in [3.63, 3.8) is 0 Å². The number of carbonyl (C=O) groups is 2. The summed E-state index contributed by atoms with van der Waals surface area (Å²) >= 11 is 0. The third-order valence-corrected chi connectivity index (χ3v) is 5.62. The molecule has 1 N–H and O–H groups in total. The number of nitrogens with zero attached hydrogens (tertiary/aromatic N) is 1. The van der Waals surface area contributed by atoms with E-state index in [0.29, 0.717) is 0 Å². The molecule has 174 valence electrons. The molecule has 0 spiro atoms. The molecule has 0 radical (unpaired) electrons. The molecule has 3 aromatic rings. The number of hydrogen-bond acceptors (Lipinski definition) is 5. The minimum absolute atomic E-state index is 0.0154. The zero-order valence-electron chi connectivity index (χ0n) is 17.4. The Morgan fingerprint density at radius 3 is 2.36 bits per heavy atom. The molecular weight excluding hydrogens is 446 g/mol. The van der Waals surface area contributed by atoms with Gasteiger partial charge in [0.15, 0.2) is 11.6 Å². The van der Waals surface area contributed by atoms with Crippen molar-refractivity contribution in [1.82, 2.24) is 4.57 Å². The Balaban J connectivity index is 1.72. The van der Waals surface area contributed by atoms with Crippen LogP contribution in [0.1, 0.15) is 40.9 Å². The second-order valence-corrected chi connectivity index (χ2v) is 7.79. The van der Waals surface area contributed by atoms with Crippen LogP contribution in [0.25, 0.3) is 10.9 Å². The number of aromatic nitrogens is 1. The maximum Gasteiger partial charge on any atom is 0.573 e. The smallest absolute Gasteiger partial charge is 0.505 e. The third kappa shape index (κ3) is 4.50. The highest BCUT2D eigenvalue weighted by atomic mass is 19.4. The largest absolute Gasteiger partial charge is 0.573 e. The van der Waals surface area contributed by atoms with Crippen molar-refractivity contribution < 1.29 is 41.7 Å². The Morgan fingerprint density at radius 2 is 1.79 bits per heavy atom. The van der Waals surface area contributed by atoms with Crippen molar-refractivity contribution in [2.24, 2.45) is 0 Å². The van der Waals surface area contributed by atoms with E-state index in [0.717, 1.165) is 54.2 Å². The predicted octanol–water partition coefficient (Wildman–Crippen LogP) is 5.02. The lowest BCUT2D eigenvalue weighted by Crippen LogP contribution is -2.26. The maximum absolute atomic E-state index is 14.9. The summed E-state index contributed by atoms with van der Waals surface area (Å²) in [6.45, 7) is 1.52. The summed E-state index contributed by atoms with van der Waals surface area (Å²) < 4.78 is 62.4. The van der Waals surface area contributed by atoms with Gasteiger partial charge in [0, 0.05) is 16.6 Å². The standard InChI is InChI=1S/C23H19F4NO5/c1-12-16(11-19(30)32-14-3-2-4-14)20-17(9-10-18(29)21(20)24)28(12)22(31)13-5-7-15(8-6-13)33-23(25,26)27/h5-10,14,29H,2-4,11H2,1H3. The van der Waals surface area contributed by atoms with E-state index >= 15 is 0 Å². The highest BCUT2D eigenvalue weighted by Crippen LogP contribution is 2.34. The lowest BCUT2D eigenvalue weighted by Gasteiger charge is -2.25. The minimum Gasteiger partial charge on any atom is -0.505 e. The van der Waals surface area contributed by atoms with Gasteiger partial charge in [0.2, 0.25) is 0 Å². The lowest BCUT2D eigenvalue weighted by molar-refractivity contribution is -0.274. The lowest BCUT2D eigenvalue weighted by atomic mass is 9.96. The molecule has 0 aliphatic heterocycles. The SMILES string of the molecule is Cc1c(CC(=O)OC2CCC2)c2c(F)c(O)ccc2n1C(=O)c1ccc(OC(F)(F)F)cc1. The molecule has 6 nitrogen and oxygen atoms in total. The molecule has 1 aliphatic rings. The normalized spacial score (nSPS) is 14.2. The van der Waals surface area contributed by atoms with Gasteiger partial charge in [0.1, 0.15) is 11.9 Å². The fourth-order valence-electron chi connectivity index (χ4n) is 3.79. The summed E-state index contributed by atoms with van der Waals surface area (Å²) in [4.78, 5) is 25.6. The van der Waals surface area contributed by atoms with Gasteiger partial charge >= 0.3 is 12.3 Å². The van der Waals surface area contributed by atoms with E-state index in [4.69, 9.17) is 4.74 Å². The van der Waals surface area contributed by atoms with Gasteiger partial charge in [-0.1, -0.05) is 0 Å². The molecule has 1 saturated carbocycles. The number of phenols is 1. The first-order chi connectivity index (χ1) is 15.5. The van der Waals surface area contributed by atoms with Gasteiger partial charge in [-0.25, -0.2) is 4.39 Å². The van der Waals surface area contributed by atoms with Gasteiger partial charge in [-0.15, -0.1) is 13.2 Å². The molecular formula is C23H19F4NO5. The first kappa shape index (κ1) is 22.6. The fourth-order valence-corrected chi connectivity index (χ4v) is 3.79. The van der Waals surface area contributed by atoms with Crippen LogP contribution < -0.4 is 4.74 Å². The summed E-state index contributed by atoms with van der Waals surface area (Å²) in [6.07, 6.45) is -2.88. The molecule has 1 heterocycles. The van der Waals surface area contributed by atoms with Gasteiger partial charge < -0.3 is 14.6 Å².